The average molecular weight is 383 g/mol. The number of benzene rings is 2. The van der Waals surface area contributed by atoms with Crippen molar-refractivity contribution in [2.45, 2.75) is 48.0 Å². The number of ether oxygens (including phenoxy) is 2. The molecule has 27 heavy (non-hydrogen) atoms. The minimum Gasteiger partial charge on any atom is -0.417 e. The molecular formula is C21H21NO4S. The molecule has 0 aromatic heterocycles. The van der Waals surface area contributed by atoms with Gasteiger partial charge in [-0.3, -0.25) is 9.69 Å². The standard InChI is InChI=1S/C21H21NO4S/c1-3-22-17-13-18(23)21(2,26-19(17)25-20(22)24)14-9-11-16(12-10-14)27-15-7-5-4-6-8-15/h4-12,17,19H,3,13H2,1-2H3/t17-,19+,21+/m1/s1. The molecule has 2 saturated heterocycles. The Labute approximate surface area is 162 Å². The summed E-state index contributed by atoms with van der Waals surface area (Å²) in [5, 5.41) is 0. The molecule has 6 heteroatoms. The maximum absolute atomic E-state index is 12.9. The molecule has 2 aromatic carbocycles. The molecule has 3 atom stereocenters. The highest BCUT2D eigenvalue weighted by Crippen LogP contribution is 2.40. The Kier molecular flexibility index (Phi) is 4.70. The highest BCUT2D eigenvalue weighted by atomic mass is 32.2. The summed E-state index contributed by atoms with van der Waals surface area (Å²) in [4.78, 5) is 28.6. The maximum atomic E-state index is 12.9. The molecule has 0 N–H and O–H groups in total. The summed E-state index contributed by atoms with van der Waals surface area (Å²) < 4.78 is 11.4. The molecule has 2 aliphatic heterocycles. The van der Waals surface area contributed by atoms with Gasteiger partial charge in [-0.2, -0.15) is 0 Å². The first-order valence-electron chi connectivity index (χ1n) is 9.03. The summed E-state index contributed by atoms with van der Waals surface area (Å²) in [5.41, 5.74) is -0.337. The van der Waals surface area contributed by atoms with Crippen LogP contribution in [0.2, 0.25) is 0 Å². The zero-order chi connectivity index (χ0) is 19.0. The van der Waals surface area contributed by atoms with Crippen molar-refractivity contribution in [2.75, 3.05) is 6.54 Å². The van der Waals surface area contributed by atoms with E-state index in [1.54, 1.807) is 23.6 Å². The number of nitrogens with zero attached hydrogens (tertiary/aromatic N) is 1. The van der Waals surface area contributed by atoms with E-state index in [0.29, 0.717) is 6.54 Å². The van der Waals surface area contributed by atoms with Crippen molar-refractivity contribution < 1.29 is 19.1 Å². The van der Waals surface area contributed by atoms with Crippen LogP contribution in [0.1, 0.15) is 25.8 Å². The first kappa shape index (κ1) is 18.1. The van der Waals surface area contributed by atoms with Gasteiger partial charge in [-0.1, -0.05) is 42.1 Å². The quantitative estimate of drug-likeness (QED) is 0.792. The van der Waals surface area contributed by atoms with Crippen molar-refractivity contribution in [3.8, 4) is 0 Å². The second-order valence-electron chi connectivity index (χ2n) is 6.82. The van der Waals surface area contributed by atoms with Crippen LogP contribution in [-0.2, 0) is 19.9 Å². The summed E-state index contributed by atoms with van der Waals surface area (Å²) in [6.07, 6.45) is -0.890. The molecule has 2 aliphatic rings. The lowest BCUT2D eigenvalue weighted by Crippen LogP contribution is -2.52. The lowest BCUT2D eigenvalue weighted by Gasteiger charge is -2.38. The molecule has 1 amide bonds. The third kappa shape index (κ3) is 3.24. The van der Waals surface area contributed by atoms with Crippen molar-refractivity contribution in [1.29, 1.82) is 0 Å². The van der Waals surface area contributed by atoms with E-state index in [-0.39, 0.29) is 18.2 Å². The topological polar surface area (TPSA) is 55.8 Å². The monoisotopic (exact) mass is 383 g/mol. The van der Waals surface area contributed by atoms with E-state index in [2.05, 4.69) is 12.1 Å². The predicted molar refractivity (Wildman–Crippen MR) is 102 cm³/mol. The fraction of sp³-hybridized carbons (Fsp3) is 0.333. The third-order valence-electron chi connectivity index (χ3n) is 5.17. The SMILES string of the molecule is CCN1C(=O)O[C@H]2O[C@@](C)(c3ccc(Sc4ccccc4)cc3)C(=O)C[C@H]21. The zero-order valence-electron chi connectivity index (χ0n) is 15.3. The Morgan fingerprint density at radius 3 is 2.41 bits per heavy atom. The summed E-state index contributed by atoms with van der Waals surface area (Å²) in [6, 6.07) is 17.6. The number of Topliss-reactive ketones (excluding diaryl/α,β-unsaturated/α-hetero) is 1. The zero-order valence-corrected chi connectivity index (χ0v) is 16.1. The predicted octanol–water partition coefficient (Wildman–Crippen LogP) is 4.21. The van der Waals surface area contributed by atoms with Gasteiger partial charge in [0, 0.05) is 22.8 Å². The van der Waals surface area contributed by atoms with E-state index in [0.717, 1.165) is 15.4 Å². The first-order chi connectivity index (χ1) is 13.0. The van der Waals surface area contributed by atoms with Crippen LogP contribution in [0.4, 0.5) is 4.79 Å². The second-order valence-corrected chi connectivity index (χ2v) is 7.97. The molecule has 0 bridgehead atoms. The van der Waals surface area contributed by atoms with E-state index in [4.69, 9.17) is 9.47 Å². The van der Waals surface area contributed by atoms with Crippen molar-refractivity contribution in [3.63, 3.8) is 0 Å². The number of hydrogen-bond donors (Lipinski definition) is 0. The van der Waals surface area contributed by atoms with Crippen LogP contribution >= 0.6 is 11.8 Å². The van der Waals surface area contributed by atoms with E-state index >= 15 is 0 Å². The number of fused-ring (bicyclic) bond motifs is 1. The molecule has 2 aromatic rings. The smallest absolute Gasteiger partial charge is 0.412 e. The summed E-state index contributed by atoms with van der Waals surface area (Å²) >= 11 is 1.66. The summed E-state index contributed by atoms with van der Waals surface area (Å²) in [7, 11) is 0. The molecule has 2 fully saturated rings. The summed E-state index contributed by atoms with van der Waals surface area (Å²) in [5.74, 6) is -0.0380. The maximum Gasteiger partial charge on any atom is 0.412 e. The van der Waals surface area contributed by atoms with Crippen molar-refractivity contribution in [1.82, 2.24) is 4.90 Å². The third-order valence-corrected chi connectivity index (χ3v) is 6.18. The van der Waals surface area contributed by atoms with Gasteiger partial charge in [0.2, 0.25) is 6.29 Å². The van der Waals surface area contributed by atoms with Crippen molar-refractivity contribution in [2.24, 2.45) is 0 Å². The Morgan fingerprint density at radius 2 is 1.74 bits per heavy atom. The van der Waals surface area contributed by atoms with Crippen LogP contribution in [-0.4, -0.2) is 35.7 Å². The minimum atomic E-state index is -1.11. The normalized spacial score (nSPS) is 27.4. The summed E-state index contributed by atoms with van der Waals surface area (Å²) in [6.45, 7) is 4.12. The number of hydrogen-bond acceptors (Lipinski definition) is 5. The number of ketones is 1. The highest BCUT2D eigenvalue weighted by Gasteiger charge is 2.54. The van der Waals surface area contributed by atoms with Gasteiger partial charge in [-0.15, -0.1) is 0 Å². The minimum absolute atomic E-state index is 0.0380. The van der Waals surface area contributed by atoms with Gasteiger partial charge in [0.05, 0.1) is 0 Å². The number of carbonyl (C=O) groups is 2. The van der Waals surface area contributed by atoms with E-state index in [1.807, 2.05) is 49.4 Å². The second kappa shape index (κ2) is 7.02. The Hall–Kier alpha value is -2.31. The van der Waals surface area contributed by atoms with Crippen LogP contribution in [0.15, 0.2) is 64.4 Å². The van der Waals surface area contributed by atoms with Crippen LogP contribution in [0.3, 0.4) is 0 Å². The molecule has 5 nitrogen and oxygen atoms in total. The Balaban J connectivity index is 1.54. The number of likely N-dealkylation sites (N-methyl/N-ethyl adjacent to an activating group) is 1. The molecular weight excluding hydrogens is 362 g/mol. The number of carbonyl (C=O) groups excluding carboxylic acids is 2. The lowest BCUT2D eigenvalue weighted by atomic mass is 9.85. The highest BCUT2D eigenvalue weighted by molar-refractivity contribution is 7.99. The molecule has 0 unspecified atom stereocenters. The van der Waals surface area contributed by atoms with Crippen LogP contribution in [0, 0.1) is 0 Å². The molecule has 0 saturated carbocycles. The molecule has 0 aliphatic carbocycles. The van der Waals surface area contributed by atoms with Crippen molar-refractivity contribution >= 4 is 23.6 Å². The van der Waals surface area contributed by atoms with Gasteiger partial charge in [-0.25, -0.2) is 4.79 Å². The van der Waals surface area contributed by atoms with Crippen LogP contribution in [0.25, 0.3) is 0 Å². The number of amides is 1. The van der Waals surface area contributed by atoms with Gasteiger partial charge >= 0.3 is 6.09 Å². The van der Waals surface area contributed by atoms with Gasteiger partial charge in [0.25, 0.3) is 0 Å². The van der Waals surface area contributed by atoms with Crippen molar-refractivity contribution in [3.05, 3.63) is 60.2 Å². The first-order valence-corrected chi connectivity index (χ1v) is 9.84. The Morgan fingerprint density at radius 1 is 1.07 bits per heavy atom. The number of rotatable bonds is 4. The molecule has 140 valence electrons. The van der Waals surface area contributed by atoms with E-state index in [9.17, 15) is 9.59 Å². The molecule has 2 heterocycles. The average Bonchev–Trinajstić information content (AvgIpc) is 2.97. The van der Waals surface area contributed by atoms with E-state index in [1.165, 1.54) is 0 Å². The van der Waals surface area contributed by atoms with Crippen LogP contribution in [0.5, 0.6) is 0 Å². The fourth-order valence-corrected chi connectivity index (χ4v) is 4.42. The molecule has 4 rings (SSSR count). The molecule has 0 spiro atoms. The van der Waals surface area contributed by atoms with Gasteiger partial charge in [0.15, 0.2) is 11.4 Å². The van der Waals surface area contributed by atoms with Gasteiger partial charge in [0.1, 0.15) is 6.04 Å². The Bertz CT molecular complexity index is 854. The molecule has 0 radical (unpaired) electrons. The largest absolute Gasteiger partial charge is 0.417 e. The van der Waals surface area contributed by atoms with Gasteiger partial charge in [-0.05, 0) is 43.7 Å². The van der Waals surface area contributed by atoms with E-state index < -0.39 is 18.0 Å². The lowest BCUT2D eigenvalue weighted by molar-refractivity contribution is -0.205. The fourth-order valence-electron chi connectivity index (χ4n) is 3.58. The van der Waals surface area contributed by atoms with Crippen LogP contribution < -0.4 is 0 Å². The van der Waals surface area contributed by atoms with Gasteiger partial charge < -0.3 is 9.47 Å².